The van der Waals surface area contributed by atoms with Gasteiger partial charge in [0.25, 0.3) is 11.8 Å². The van der Waals surface area contributed by atoms with Crippen LogP contribution in [-0.2, 0) is 13.0 Å². The van der Waals surface area contributed by atoms with Gasteiger partial charge in [0.05, 0.1) is 17.6 Å². The number of carbonyl (C=O) groups is 2. The fraction of sp³-hybridized carbons (Fsp3) is 0.379. The number of amides is 2. The largest absolute Gasteiger partial charge is 0.345 e. The van der Waals surface area contributed by atoms with Crippen LogP contribution in [0, 0.1) is 5.92 Å². The number of nitrogens with zero attached hydrogens (tertiary/aromatic N) is 1. The standard InChI is InChI=1S/C29H33N3O2/c1-2-24(20-11-5-3-6-12-20)30-28(33)23-19-26(32-18-10-9-15-25(23)32)29(34)31-27(22-16-17-22)21-13-7-4-8-14-21/h3-8,11-14,19,22,24,27H,2,9-10,15-18H2,1H3,(H,30,33)(H,31,34). The van der Waals surface area contributed by atoms with E-state index in [4.69, 9.17) is 0 Å². The molecule has 34 heavy (non-hydrogen) atoms. The lowest BCUT2D eigenvalue weighted by Crippen LogP contribution is -2.32. The molecule has 2 atom stereocenters. The van der Waals surface area contributed by atoms with Gasteiger partial charge >= 0.3 is 0 Å². The van der Waals surface area contributed by atoms with Crippen LogP contribution in [0.2, 0.25) is 0 Å². The molecule has 1 fully saturated rings. The molecule has 2 aliphatic rings. The third-order valence-electron chi connectivity index (χ3n) is 7.19. The molecule has 5 heteroatoms. The second kappa shape index (κ2) is 9.88. The molecule has 1 aliphatic heterocycles. The topological polar surface area (TPSA) is 63.1 Å². The molecular formula is C29H33N3O2. The molecule has 1 saturated carbocycles. The number of hydrogen-bond acceptors (Lipinski definition) is 2. The van der Waals surface area contributed by atoms with E-state index in [0.717, 1.165) is 61.9 Å². The van der Waals surface area contributed by atoms with E-state index in [1.165, 1.54) is 0 Å². The molecule has 0 saturated heterocycles. The fourth-order valence-corrected chi connectivity index (χ4v) is 5.18. The first-order valence-corrected chi connectivity index (χ1v) is 12.6. The van der Waals surface area contributed by atoms with Crippen LogP contribution in [0.3, 0.4) is 0 Å². The van der Waals surface area contributed by atoms with Gasteiger partial charge in [0.15, 0.2) is 0 Å². The van der Waals surface area contributed by atoms with Gasteiger partial charge in [-0.1, -0.05) is 67.6 Å². The number of aromatic nitrogens is 1. The lowest BCUT2D eigenvalue weighted by molar-refractivity contribution is 0.0918. The number of rotatable bonds is 8. The van der Waals surface area contributed by atoms with Gasteiger partial charge in [-0.15, -0.1) is 0 Å². The molecule has 2 heterocycles. The van der Waals surface area contributed by atoms with Crippen molar-refractivity contribution in [3.8, 4) is 0 Å². The monoisotopic (exact) mass is 455 g/mol. The first-order chi connectivity index (χ1) is 16.7. The number of carbonyl (C=O) groups excluding carboxylic acids is 2. The summed E-state index contributed by atoms with van der Waals surface area (Å²) in [7, 11) is 0. The minimum Gasteiger partial charge on any atom is -0.345 e. The Labute approximate surface area is 201 Å². The summed E-state index contributed by atoms with van der Waals surface area (Å²) < 4.78 is 2.08. The molecule has 176 valence electrons. The summed E-state index contributed by atoms with van der Waals surface area (Å²) in [5.74, 6) is 0.307. The molecule has 2 N–H and O–H groups in total. The minimum atomic E-state index is -0.0952. The average molecular weight is 456 g/mol. The number of benzene rings is 2. The maximum Gasteiger partial charge on any atom is 0.268 e. The average Bonchev–Trinajstić information content (AvgIpc) is 3.66. The Bertz CT molecular complexity index is 1150. The van der Waals surface area contributed by atoms with Gasteiger partial charge in [-0.2, -0.15) is 0 Å². The van der Waals surface area contributed by atoms with Crippen molar-refractivity contribution in [3.05, 3.63) is 94.8 Å². The highest BCUT2D eigenvalue weighted by Gasteiger charge is 2.35. The van der Waals surface area contributed by atoms with Crippen LogP contribution in [0.5, 0.6) is 0 Å². The van der Waals surface area contributed by atoms with Crippen molar-refractivity contribution >= 4 is 11.8 Å². The number of hydrogen-bond donors (Lipinski definition) is 2. The van der Waals surface area contributed by atoms with Crippen molar-refractivity contribution in [2.24, 2.45) is 5.92 Å². The lowest BCUT2D eigenvalue weighted by Gasteiger charge is -2.22. The third kappa shape index (κ3) is 4.65. The highest BCUT2D eigenvalue weighted by molar-refractivity contribution is 6.01. The summed E-state index contributed by atoms with van der Waals surface area (Å²) in [5.41, 5.74) is 4.48. The maximum absolute atomic E-state index is 13.5. The van der Waals surface area contributed by atoms with Crippen LogP contribution in [0.25, 0.3) is 0 Å². The van der Waals surface area contributed by atoms with E-state index in [2.05, 4.69) is 34.3 Å². The molecule has 5 rings (SSSR count). The summed E-state index contributed by atoms with van der Waals surface area (Å²) in [4.78, 5) is 26.9. The van der Waals surface area contributed by atoms with Gasteiger partial charge < -0.3 is 15.2 Å². The highest BCUT2D eigenvalue weighted by Crippen LogP contribution is 2.41. The zero-order valence-corrected chi connectivity index (χ0v) is 19.8. The van der Waals surface area contributed by atoms with Crippen LogP contribution in [0.4, 0.5) is 0 Å². The molecule has 1 aromatic heterocycles. The van der Waals surface area contributed by atoms with Crippen molar-refractivity contribution in [2.45, 2.75) is 64.1 Å². The van der Waals surface area contributed by atoms with Crippen molar-refractivity contribution in [1.82, 2.24) is 15.2 Å². The molecule has 5 nitrogen and oxygen atoms in total. The number of fused-ring (bicyclic) bond motifs is 1. The van der Waals surface area contributed by atoms with E-state index < -0.39 is 0 Å². The highest BCUT2D eigenvalue weighted by atomic mass is 16.2. The summed E-state index contributed by atoms with van der Waals surface area (Å²) >= 11 is 0. The third-order valence-corrected chi connectivity index (χ3v) is 7.19. The van der Waals surface area contributed by atoms with E-state index in [-0.39, 0.29) is 23.9 Å². The fourth-order valence-electron chi connectivity index (χ4n) is 5.18. The Morgan fingerprint density at radius 3 is 2.24 bits per heavy atom. The van der Waals surface area contributed by atoms with E-state index in [1.807, 2.05) is 54.6 Å². The molecule has 3 aromatic rings. The normalized spacial score (nSPS) is 16.9. The lowest BCUT2D eigenvalue weighted by atomic mass is 10.0. The van der Waals surface area contributed by atoms with Gasteiger partial charge in [0.1, 0.15) is 5.69 Å². The van der Waals surface area contributed by atoms with E-state index in [1.54, 1.807) is 0 Å². The second-order valence-electron chi connectivity index (χ2n) is 9.54. The van der Waals surface area contributed by atoms with Crippen molar-refractivity contribution < 1.29 is 9.59 Å². The Balaban J connectivity index is 1.40. The molecular weight excluding hydrogens is 422 g/mol. The van der Waals surface area contributed by atoms with Gasteiger partial charge in [0, 0.05) is 12.2 Å². The van der Waals surface area contributed by atoms with Crippen molar-refractivity contribution in [3.63, 3.8) is 0 Å². The first-order valence-electron chi connectivity index (χ1n) is 12.6. The van der Waals surface area contributed by atoms with E-state index in [9.17, 15) is 9.59 Å². The predicted octanol–water partition coefficient (Wildman–Crippen LogP) is 5.59. The van der Waals surface area contributed by atoms with Gasteiger partial charge in [0.2, 0.25) is 0 Å². The van der Waals surface area contributed by atoms with Crippen LogP contribution < -0.4 is 10.6 Å². The molecule has 0 spiro atoms. The van der Waals surface area contributed by atoms with Crippen molar-refractivity contribution in [1.29, 1.82) is 0 Å². The van der Waals surface area contributed by atoms with E-state index in [0.29, 0.717) is 17.2 Å². The maximum atomic E-state index is 13.5. The minimum absolute atomic E-state index is 0.0169. The SMILES string of the molecule is CCC(NC(=O)c1cc(C(=O)NC(c2ccccc2)C2CC2)n2c1CCCC2)c1ccccc1. The summed E-state index contributed by atoms with van der Waals surface area (Å²) in [6.45, 7) is 2.86. The zero-order valence-electron chi connectivity index (χ0n) is 19.8. The zero-order chi connectivity index (χ0) is 23.5. The van der Waals surface area contributed by atoms with Gasteiger partial charge in [-0.3, -0.25) is 9.59 Å². The quantitative estimate of drug-likeness (QED) is 0.465. The molecule has 2 aromatic carbocycles. The Morgan fingerprint density at radius 2 is 1.59 bits per heavy atom. The number of nitrogens with one attached hydrogen (secondary N) is 2. The van der Waals surface area contributed by atoms with Crippen LogP contribution in [0.1, 0.15) is 88.8 Å². The Kier molecular flexibility index (Phi) is 6.52. The molecule has 0 radical (unpaired) electrons. The predicted molar refractivity (Wildman–Crippen MR) is 134 cm³/mol. The summed E-state index contributed by atoms with van der Waals surface area (Å²) in [6.07, 6.45) is 5.96. The second-order valence-corrected chi connectivity index (χ2v) is 9.54. The smallest absolute Gasteiger partial charge is 0.268 e. The van der Waals surface area contributed by atoms with Gasteiger partial charge in [-0.05, 0) is 61.6 Å². The Morgan fingerprint density at radius 1 is 0.912 bits per heavy atom. The van der Waals surface area contributed by atoms with Crippen LogP contribution in [0.15, 0.2) is 66.7 Å². The summed E-state index contributed by atoms with van der Waals surface area (Å²) in [6, 6.07) is 22.1. The van der Waals surface area contributed by atoms with Crippen LogP contribution in [-0.4, -0.2) is 16.4 Å². The molecule has 1 aliphatic carbocycles. The summed E-state index contributed by atoms with van der Waals surface area (Å²) in [5, 5.41) is 6.51. The van der Waals surface area contributed by atoms with Crippen molar-refractivity contribution in [2.75, 3.05) is 0 Å². The van der Waals surface area contributed by atoms with Gasteiger partial charge in [-0.25, -0.2) is 0 Å². The molecule has 2 unspecified atom stereocenters. The van der Waals surface area contributed by atoms with Crippen LogP contribution >= 0.6 is 0 Å². The molecule has 2 amide bonds. The van der Waals surface area contributed by atoms with E-state index >= 15 is 0 Å². The Hall–Kier alpha value is -3.34. The molecule has 0 bridgehead atoms. The first kappa shape index (κ1) is 22.5.